The fourth-order valence-corrected chi connectivity index (χ4v) is 10.1. The van der Waals surface area contributed by atoms with Crippen molar-refractivity contribution in [1.29, 1.82) is 0 Å². The van der Waals surface area contributed by atoms with E-state index in [9.17, 15) is 0 Å². The second-order valence-corrected chi connectivity index (χ2v) is 16.5. The van der Waals surface area contributed by atoms with E-state index < -0.39 is 0 Å². The monoisotopic (exact) mass is 752 g/mol. The summed E-state index contributed by atoms with van der Waals surface area (Å²) in [6.45, 7) is 4.72. The van der Waals surface area contributed by atoms with Crippen molar-refractivity contribution in [3.05, 3.63) is 217 Å². The van der Waals surface area contributed by atoms with Crippen molar-refractivity contribution in [3.63, 3.8) is 0 Å². The van der Waals surface area contributed by atoms with E-state index in [1.807, 2.05) is 0 Å². The Bertz CT molecular complexity index is 3440. The molecule has 0 unspecified atom stereocenters. The quantitative estimate of drug-likeness (QED) is 0.159. The van der Waals surface area contributed by atoms with Crippen LogP contribution < -0.4 is 4.90 Å². The third-order valence-electron chi connectivity index (χ3n) is 12.9. The molecule has 0 amide bonds. The number of nitrogens with zero attached hydrogens (tertiary/aromatic N) is 2. The molecule has 59 heavy (non-hydrogen) atoms. The van der Waals surface area contributed by atoms with E-state index in [0.29, 0.717) is 0 Å². The van der Waals surface area contributed by atoms with Gasteiger partial charge in [-0.15, -0.1) is 0 Å². The molecule has 11 aromatic rings. The highest BCUT2D eigenvalue weighted by atomic mass is 15.1. The minimum Gasteiger partial charge on any atom is -0.310 e. The fraction of sp³-hybridized carbons (Fsp3) is 0.0526. The minimum atomic E-state index is -0.109. The summed E-state index contributed by atoms with van der Waals surface area (Å²) in [5.74, 6) is 0. The van der Waals surface area contributed by atoms with Crippen LogP contribution in [0.2, 0.25) is 0 Å². The fourth-order valence-electron chi connectivity index (χ4n) is 10.1. The zero-order valence-electron chi connectivity index (χ0n) is 33.0. The van der Waals surface area contributed by atoms with Crippen LogP contribution in [0.15, 0.2) is 206 Å². The van der Waals surface area contributed by atoms with Crippen LogP contribution in [-0.2, 0) is 5.41 Å². The Kier molecular flexibility index (Phi) is 7.31. The van der Waals surface area contributed by atoms with E-state index in [4.69, 9.17) is 0 Å². The lowest BCUT2D eigenvalue weighted by Gasteiger charge is -2.28. The van der Waals surface area contributed by atoms with Crippen molar-refractivity contribution >= 4 is 71.2 Å². The summed E-state index contributed by atoms with van der Waals surface area (Å²) in [6, 6.07) is 76.1. The smallest absolute Gasteiger partial charge is 0.0625 e. The molecule has 0 saturated carbocycles. The molecule has 278 valence electrons. The number of hydrogen-bond acceptors (Lipinski definition) is 1. The van der Waals surface area contributed by atoms with Gasteiger partial charge in [0.1, 0.15) is 0 Å². The second kappa shape index (κ2) is 12.8. The molecule has 0 atom stereocenters. The first-order valence-electron chi connectivity index (χ1n) is 20.6. The number of anilines is 3. The molecule has 0 fully saturated rings. The van der Waals surface area contributed by atoms with Crippen LogP contribution in [0.1, 0.15) is 25.0 Å². The zero-order chi connectivity index (χ0) is 39.2. The van der Waals surface area contributed by atoms with E-state index in [-0.39, 0.29) is 5.41 Å². The van der Waals surface area contributed by atoms with Crippen LogP contribution >= 0.6 is 0 Å². The Morgan fingerprint density at radius 3 is 1.68 bits per heavy atom. The third-order valence-corrected chi connectivity index (χ3v) is 12.9. The van der Waals surface area contributed by atoms with Crippen LogP contribution in [-0.4, -0.2) is 4.57 Å². The average molecular weight is 753 g/mol. The SMILES string of the molecule is CC1(C)c2ccccc2-c2ccc(N(c3ccc(-c4ccccc4)cc3)c3ccc(-n4c5cc6ccccc6cc5c5c6ccccc6c6ccccc6c54)cc3)cc21. The van der Waals surface area contributed by atoms with Gasteiger partial charge in [0.05, 0.1) is 11.0 Å². The first-order valence-corrected chi connectivity index (χ1v) is 20.6. The van der Waals surface area contributed by atoms with Crippen molar-refractivity contribution in [3.8, 4) is 27.9 Å². The van der Waals surface area contributed by atoms with Crippen LogP contribution in [0.25, 0.3) is 82.1 Å². The number of fused-ring (bicyclic) bond motifs is 12. The van der Waals surface area contributed by atoms with Crippen LogP contribution in [0, 0.1) is 0 Å². The summed E-state index contributed by atoms with van der Waals surface area (Å²) in [7, 11) is 0. The van der Waals surface area contributed by atoms with Gasteiger partial charge in [-0.1, -0.05) is 159 Å². The lowest BCUT2D eigenvalue weighted by Crippen LogP contribution is -2.16. The van der Waals surface area contributed by atoms with Gasteiger partial charge in [-0.3, -0.25) is 0 Å². The van der Waals surface area contributed by atoms with E-state index in [2.05, 4.69) is 230 Å². The minimum absolute atomic E-state index is 0.109. The van der Waals surface area contributed by atoms with Crippen molar-refractivity contribution < 1.29 is 0 Å². The van der Waals surface area contributed by atoms with Crippen LogP contribution in [0.4, 0.5) is 17.1 Å². The molecular weight excluding hydrogens is 713 g/mol. The number of aromatic nitrogens is 1. The van der Waals surface area contributed by atoms with Gasteiger partial charge >= 0.3 is 0 Å². The molecule has 0 spiro atoms. The topological polar surface area (TPSA) is 8.17 Å². The summed E-state index contributed by atoms with van der Waals surface area (Å²) >= 11 is 0. The van der Waals surface area contributed by atoms with Gasteiger partial charge < -0.3 is 9.47 Å². The summed E-state index contributed by atoms with van der Waals surface area (Å²) in [5, 5.41) is 10.1. The van der Waals surface area contributed by atoms with Crippen LogP contribution in [0.5, 0.6) is 0 Å². The highest BCUT2D eigenvalue weighted by Crippen LogP contribution is 2.51. The Morgan fingerprint density at radius 1 is 0.390 bits per heavy atom. The Morgan fingerprint density at radius 2 is 0.932 bits per heavy atom. The number of benzene rings is 10. The van der Waals surface area contributed by atoms with Crippen LogP contribution in [0.3, 0.4) is 0 Å². The maximum atomic E-state index is 2.50. The van der Waals surface area contributed by atoms with Gasteiger partial charge in [-0.05, 0) is 121 Å². The molecule has 1 aliphatic rings. The van der Waals surface area contributed by atoms with Gasteiger partial charge in [-0.25, -0.2) is 0 Å². The highest BCUT2D eigenvalue weighted by Gasteiger charge is 2.35. The molecule has 1 heterocycles. The Labute approximate surface area is 343 Å². The molecule has 12 rings (SSSR count). The van der Waals surface area contributed by atoms with E-state index in [1.54, 1.807) is 0 Å². The van der Waals surface area contributed by atoms with Gasteiger partial charge in [0, 0.05) is 44.3 Å². The first kappa shape index (κ1) is 33.7. The molecule has 1 aliphatic carbocycles. The maximum Gasteiger partial charge on any atom is 0.0625 e. The predicted octanol–water partition coefficient (Wildman–Crippen LogP) is 15.7. The largest absolute Gasteiger partial charge is 0.310 e. The summed E-state index contributed by atoms with van der Waals surface area (Å²) in [5.41, 5.74) is 14.7. The third kappa shape index (κ3) is 5.06. The summed E-state index contributed by atoms with van der Waals surface area (Å²) in [4.78, 5) is 2.42. The molecule has 2 heteroatoms. The number of hydrogen-bond donors (Lipinski definition) is 0. The van der Waals surface area contributed by atoms with Gasteiger partial charge in [-0.2, -0.15) is 0 Å². The normalized spacial score (nSPS) is 13.1. The highest BCUT2D eigenvalue weighted by molar-refractivity contribution is 6.33. The molecule has 10 aromatic carbocycles. The lowest BCUT2D eigenvalue weighted by molar-refractivity contribution is 0.660. The molecule has 0 aliphatic heterocycles. The average Bonchev–Trinajstić information content (AvgIpc) is 3.74. The molecule has 2 nitrogen and oxygen atoms in total. The van der Waals surface area contributed by atoms with Gasteiger partial charge in [0.25, 0.3) is 0 Å². The lowest BCUT2D eigenvalue weighted by atomic mass is 9.82. The molecular formula is C57H40N2. The van der Waals surface area contributed by atoms with Crippen molar-refractivity contribution in [2.45, 2.75) is 19.3 Å². The maximum absolute atomic E-state index is 2.50. The van der Waals surface area contributed by atoms with E-state index >= 15 is 0 Å². The molecule has 0 N–H and O–H groups in total. The first-order chi connectivity index (χ1) is 29.0. The summed E-state index contributed by atoms with van der Waals surface area (Å²) in [6.07, 6.45) is 0. The van der Waals surface area contributed by atoms with Gasteiger partial charge in [0.15, 0.2) is 0 Å². The molecule has 0 radical (unpaired) electrons. The van der Waals surface area contributed by atoms with Gasteiger partial charge in [0.2, 0.25) is 0 Å². The van der Waals surface area contributed by atoms with E-state index in [1.165, 1.54) is 87.5 Å². The second-order valence-electron chi connectivity index (χ2n) is 16.5. The van der Waals surface area contributed by atoms with Crippen molar-refractivity contribution in [2.24, 2.45) is 0 Å². The zero-order valence-corrected chi connectivity index (χ0v) is 33.0. The molecule has 0 saturated heterocycles. The standard InChI is InChI=1S/C57H40N2/c1-57(2)52-23-13-12-20-47(52)48-33-32-44(36-53(48)57)58(41-26-24-38(25-27-41)37-14-4-3-5-15-37)42-28-30-43(31-29-42)59-54-35-40-17-7-6-16-39(40)34-51(54)55-49-21-10-8-18-45(49)46-19-9-11-22-50(46)56(55)59/h3-36H,1-2H3. The van der Waals surface area contributed by atoms with Crippen molar-refractivity contribution in [2.75, 3.05) is 4.90 Å². The Balaban J connectivity index is 1.07. The van der Waals surface area contributed by atoms with Crippen molar-refractivity contribution in [1.82, 2.24) is 4.57 Å². The van der Waals surface area contributed by atoms with E-state index in [0.717, 1.165) is 22.7 Å². The summed E-state index contributed by atoms with van der Waals surface area (Å²) < 4.78 is 2.50. The molecule has 0 bridgehead atoms. The molecule has 1 aromatic heterocycles. The predicted molar refractivity (Wildman–Crippen MR) is 251 cm³/mol. The Hall–Kier alpha value is -7.42. The number of rotatable bonds is 5.